The molecule has 1 aromatic rings. The van der Waals surface area contributed by atoms with Crippen LogP contribution < -0.4 is 5.32 Å². The molecule has 1 fully saturated rings. The van der Waals surface area contributed by atoms with E-state index in [0.29, 0.717) is 12.6 Å². The molecule has 1 N–H and O–H groups in total. The van der Waals surface area contributed by atoms with E-state index in [1.165, 1.54) is 5.56 Å². The topological polar surface area (TPSA) is 45.2 Å². The fourth-order valence-electron chi connectivity index (χ4n) is 2.52. The summed E-state index contributed by atoms with van der Waals surface area (Å²) >= 11 is 0. The molecule has 0 bridgehead atoms. The Hall–Kier alpha value is -1.42. The SMILES string of the molecule is Cc1ccncc1CN1CCCC(NC(C)C)C1=O. The van der Waals surface area contributed by atoms with Gasteiger partial charge in [0.05, 0.1) is 6.04 Å². The number of hydrogen-bond donors (Lipinski definition) is 1. The number of nitrogens with zero attached hydrogens (tertiary/aromatic N) is 2. The number of carbonyl (C=O) groups excluding carboxylic acids is 1. The fourth-order valence-corrected chi connectivity index (χ4v) is 2.52. The van der Waals surface area contributed by atoms with Gasteiger partial charge in [0, 0.05) is 31.5 Å². The predicted octanol–water partition coefficient (Wildman–Crippen LogP) is 1.88. The molecule has 1 aliphatic rings. The van der Waals surface area contributed by atoms with Crippen molar-refractivity contribution < 1.29 is 4.79 Å². The zero-order valence-corrected chi connectivity index (χ0v) is 12.0. The highest BCUT2D eigenvalue weighted by Gasteiger charge is 2.28. The maximum atomic E-state index is 12.4. The van der Waals surface area contributed by atoms with Crippen LogP contribution in [-0.2, 0) is 11.3 Å². The van der Waals surface area contributed by atoms with Crippen LogP contribution in [-0.4, -0.2) is 34.4 Å². The number of aryl methyl sites for hydroxylation is 1. The molecule has 19 heavy (non-hydrogen) atoms. The van der Waals surface area contributed by atoms with Gasteiger partial charge in [0.2, 0.25) is 5.91 Å². The lowest BCUT2D eigenvalue weighted by atomic mass is 10.0. The minimum Gasteiger partial charge on any atom is -0.337 e. The van der Waals surface area contributed by atoms with Crippen LogP contribution in [0.5, 0.6) is 0 Å². The van der Waals surface area contributed by atoms with Gasteiger partial charge in [-0.05, 0) is 37.0 Å². The quantitative estimate of drug-likeness (QED) is 0.900. The molecule has 0 spiro atoms. The van der Waals surface area contributed by atoms with Crippen LogP contribution in [0.1, 0.15) is 37.8 Å². The van der Waals surface area contributed by atoms with Crippen molar-refractivity contribution in [1.82, 2.24) is 15.2 Å². The zero-order chi connectivity index (χ0) is 13.8. The van der Waals surface area contributed by atoms with Crippen molar-refractivity contribution in [3.8, 4) is 0 Å². The van der Waals surface area contributed by atoms with E-state index in [9.17, 15) is 4.79 Å². The molecule has 2 rings (SSSR count). The van der Waals surface area contributed by atoms with Crippen LogP contribution in [0.25, 0.3) is 0 Å². The molecule has 0 saturated carbocycles. The van der Waals surface area contributed by atoms with Gasteiger partial charge < -0.3 is 10.2 Å². The van der Waals surface area contributed by atoms with Crippen molar-refractivity contribution in [3.63, 3.8) is 0 Å². The summed E-state index contributed by atoms with van der Waals surface area (Å²) in [7, 11) is 0. The monoisotopic (exact) mass is 261 g/mol. The van der Waals surface area contributed by atoms with Gasteiger partial charge in [-0.2, -0.15) is 0 Å². The molecule has 0 aliphatic carbocycles. The minimum absolute atomic E-state index is 0.0225. The maximum Gasteiger partial charge on any atom is 0.240 e. The zero-order valence-electron chi connectivity index (χ0n) is 12.0. The van der Waals surface area contributed by atoms with Gasteiger partial charge in [0.25, 0.3) is 0 Å². The summed E-state index contributed by atoms with van der Waals surface area (Å²) in [6, 6.07) is 2.31. The number of carbonyl (C=O) groups is 1. The van der Waals surface area contributed by atoms with Crippen LogP contribution in [0.3, 0.4) is 0 Å². The molecule has 0 aromatic carbocycles. The Morgan fingerprint density at radius 1 is 1.53 bits per heavy atom. The average molecular weight is 261 g/mol. The first-order valence-corrected chi connectivity index (χ1v) is 7.02. The van der Waals surface area contributed by atoms with Crippen LogP contribution in [0.2, 0.25) is 0 Å². The Morgan fingerprint density at radius 3 is 3.00 bits per heavy atom. The molecule has 4 nitrogen and oxygen atoms in total. The number of amides is 1. The number of piperidine rings is 1. The van der Waals surface area contributed by atoms with Crippen molar-refractivity contribution in [2.24, 2.45) is 0 Å². The van der Waals surface area contributed by atoms with Crippen molar-refractivity contribution >= 4 is 5.91 Å². The largest absolute Gasteiger partial charge is 0.337 e. The highest BCUT2D eigenvalue weighted by Crippen LogP contribution is 2.17. The van der Waals surface area contributed by atoms with E-state index in [-0.39, 0.29) is 11.9 Å². The molecule has 1 saturated heterocycles. The Balaban J connectivity index is 2.04. The Kier molecular flexibility index (Phi) is 4.53. The Labute approximate surface area is 115 Å². The molecule has 2 heterocycles. The number of nitrogens with one attached hydrogen (secondary N) is 1. The summed E-state index contributed by atoms with van der Waals surface area (Å²) in [5, 5.41) is 3.35. The van der Waals surface area contributed by atoms with Gasteiger partial charge in [-0.15, -0.1) is 0 Å². The van der Waals surface area contributed by atoms with Gasteiger partial charge in [0.15, 0.2) is 0 Å². The number of rotatable bonds is 4. The third kappa shape index (κ3) is 3.53. The van der Waals surface area contributed by atoms with E-state index in [4.69, 9.17) is 0 Å². The summed E-state index contributed by atoms with van der Waals surface area (Å²) in [6.07, 6.45) is 5.66. The van der Waals surface area contributed by atoms with Crippen molar-refractivity contribution in [2.45, 2.75) is 52.2 Å². The van der Waals surface area contributed by atoms with E-state index < -0.39 is 0 Å². The summed E-state index contributed by atoms with van der Waals surface area (Å²) < 4.78 is 0. The number of likely N-dealkylation sites (tertiary alicyclic amines) is 1. The second-order valence-electron chi connectivity index (χ2n) is 5.58. The molecule has 1 amide bonds. The van der Waals surface area contributed by atoms with Gasteiger partial charge in [-0.1, -0.05) is 13.8 Å². The lowest BCUT2D eigenvalue weighted by Gasteiger charge is -2.34. The smallest absolute Gasteiger partial charge is 0.240 e. The molecule has 0 radical (unpaired) electrons. The maximum absolute atomic E-state index is 12.4. The van der Waals surface area contributed by atoms with E-state index in [1.54, 1.807) is 6.20 Å². The van der Waals surface area contributed by atoms with E-state index >= 15 is 0 Å². The standard InChI is InChI=1S/C15H23N3O/c1-11(2)17-14-5-4-8-18(15(14)19)10-13-9-16-7-6-12(13)3/h6-7,9,11,14,17H,4-5,8,10H2,1-3H3. The third-order valence-electron chi connectivity index (χ3n) is 3.57. The molecule has 1 aromatic heterocycles. The number of hydrogen-bond acceptors (Lipinski definition) is 3. The minimum atomic E-state index is -0.0225. The van der Waals surface area contributed by atoms with E-state index in [1.807, 2.05) is 17.2 Å². The van der Waals surface area contributed by atoms with Crippen molar-refractivity contribution in [1.29, 1.82) is 0 Å². The van der Waals surface area contributed by atoms with Crippen molar-refractivity contribution in [3.05, 3.63) is 29.6 Å². The lowest BCUT2D eigenvalue weighted by molar-refractivity contribution is -0.136. The highest BCUT2D eigenvalue weighted by molar-refractivity contribution is 5.82. The normalized spacial score (nSPS) is 20.1. The molecule has 1 unspecified atom stereocenters. The molecule has 4 heteroatoms. The van der Waals surface area contributed by atoms with E-state index in [0.717, 1.165) is 24.9 Å². The summed E-state index contributed by atoms with van der Waals surface area (Å²) in [6.45, 7) is 7.75. The first kappa shape index (κ1) is 14.0. The summed E-state index contributed by atoms with van der Waals surface area (Å²) in [4.78, 5) is 18.5. The first-order valence-electron chi connectivity index (χ1n) is 7.02. The average Bonchev–Trinajstić information content (AvgIpc) is 2.36. The van der Waals surface area contributed by atoms with Crippen LogP contribution in [0.4, 0.5) is 0 Å². The first-order chi connectivity index (χ1) is 9.08. The van der Waals surface area contributed by atoms with E-state index in [2.05, 4.69) is 31.1 Å². The second-order valence-corrected chi connectivity index (χ2v) is 5.58. The van der Waals surface area contributed by atoms with Crippen LogP contribution >= 0.6 is 0 Å². The number of aromatic nitrogens is 1. The Bertz CT molecular complexity index is 445. The number of pyridine rings is 1. The molecule has 1 atom stereocenters. The van der Waals surface area contributed by atoms with Gasteiger partial charge >= 0.3 is 0 Å². The van der Waals surface area contributed by atoms with Gasteiger partial charge in [-0.3, -0.25) is 9.78 Å². The highest BCUT2D eigenvalue weighted by atomic mass is 16.2. The fraction of sp³-hybridized carbons (Fsp3) is 0.600. The summed E-state index contributed by atoms with van der Waals surface area (Å²) in [5.41, 5.74) is 2.34. The van der Waals surface area contributed by atoms with Crippen molar-refractivity contribution in [2.75, 3.05) is 6.54 Å². The Morgan fingerprint density at radius 2 is 2.32 bits per heavy atom. The van der Waals surface area contributed by atoms with Crippen LogP contribution in [0.15, 0.2) is 18.5 Å². The van der Waals surface area contributed by atoms with Gasteiger partial charge in [0.1, 0.15) is 0 Å². The lowest BCUT2D eigenvalue weighted by Crippen LogP contribution is -2.52. The molecular weight excluding hydrogens is 238 g/mol. The van der Waals surface area contributed by atoms with Crippen LogP contribution in [0, 0.1) is 6.92 Å². The van der Waals surface area contributed by atoms with Gasteiger partial charge in [-0.25, -0.2) is 0 Å². The third-order valence-corrected chi connectivity index (χ3v) is 3.57. The molecular formula is C15H23N3O. The molecule has 1 aliphatic heterocycles. The second kappa shape index (κ2) is 6.15. The summed E-state index contributed by atoms with van der Waals surface area (Å²) in [5.74, 6) is 0.225. The predicted molar refractivity (Wildman–Crippen MR) is 75.7 cm³/mol. The molecule has 104 valence electrons.